The molecule has 0 aromatic rings. The second kappa shape index (κ2) is 11.9. The molecule has 0 heterocycles. The van der Waals surface area contributed by atoms with E-state index in [2.05, 4.69) is 58.3 Å². The monoisotopic (exact) mass is 644 g/mol. The smallest absolute Gasteiger partial charge is 0.306 e. The van der Waals surface area contributed by atoms with E-state index in [1.54, 1.807) is 0 Å². The number of hydrogen-bond donors (Lipinski definition) is 2. The van der Waals surface area contributed by atoms with E-state index in [1.807, 2.05) is 13.8 Å². The SMILES string of the molecule is C=C(C)[C@@H]1CC[C@]2(C(F)/N=N/CO)CC[C@]3(C)[C@H](CC[C@@H]4[C@@]5(C)CC[C@H](OC(=O)CC(C)(C)CC(=O)O)C(C)(C)[C@@H]5CC[C@]43C)[C@@H]12. The quantitative estimate of drug-likeness (QED) is 0.113. The van der Waals surface area contributed by atoms with Crippen molar-refractivity contribution in [1.82, 2.24) is 0 Å². The lowest BCUT2D eigenvalue weighted by atomic mass is 9.32. The Hall–Kier alpha value is -1.83. The number of carbonyl (C=O) groups is 2. The van der Waals surface area contributed by atoms with E-state index in [-0.39, 0.29) is 58.4 Å². The van der Waals surface area contributed by atoms with Gasteiger partial charge in [-0.15, -0.1) is 0 Å². The van der Waals surface area contributed by atoms with Gasteiger partial charge in [0.25, 0.3) is 0 Å². The van der Waals surface area contributed by atoms with Crippen LogP contribution in [0.3, 0.4) is 0 Å². The summed E-state index contributed by atoms with van der Waals surface area (Å²) >= 11 is 0. The van der Waals surface area contributed by atoms with Gasteiger partial charge in [0.2, 0.25) is 6.30 Å². The van der Waals surface area contributed by atoms with Crippen molar-refractivity contribution in [3.05, 3.63) is 12.2 Å². The number of aliphatic carboxylic acids is 1. The summed E-state index contributed by atoms with van der Waals surface area (Å²) < 4.78 is 22.4. The first-order chi connectivity index (χ1) is 21.3. The third kappa shape index (κ3) is 5.39. The molecule has 0 amide bonds. The molecule has 0 bridgehead atoms. The van der Waals surface area contributed by atoms with Gasteiger partial charge in [0.15, 0.2) is 6.73 Å². The molecule has 0 aromatic carbocycles. The van der Waals surface area contributed by atoms with Crippen LogP contribution in [0.15, 0.2) is 22.4 Å². The number of hydrogen-bond acceptors (Lipinski definition) is 6. The molecule has 5 aliphatic rings. The molecule has 1 unspecified atom stereocenters. The molecule has 8 heteroatoms. The average molecular weight is 645 g/mol. The summed E-state index contributed by atoms with van der Waals surface area (Å²) in [5.74, 6) is 0.583. The summed E-state index contributed by atoms with van der Waals surface area (Å²) in [5, 5.41) is 26.3. The van der Waals surface area contributed by atoms with E-state index < -0.39 is 29.8 Å². The Labute approximate surface area is 276 Å². The number of carboxylic acid groups (broad SMARTS) is 1. The zero-order valence-corrected chi connectivity index (χ0v) is 29.8. The van der Waals surface area contributed by atoms with Crippen LogP contribution < -0.4 is 0 Å². The van der Waals surface area contributed by atoms with Crippen molar-refractivity contribution in [2.45, 2.75) is 145 Å². The Bertz CT molecular complexity index is 1250. The summed E-state index contributed by atoms with van der Waals surface area (Å²) in [5.41, 5.74) is 0.0377. The van der Waals surface area contributed by atoms with Crippen molar-refractivity contribution in [3.63, 3.8) is 0 Å². The highest BCUT2D eigenvalue weighted by molar-refractivity contribution is 5.73. The summed E-state index contributed by atoms with van der Waals surface area (Å²) in [6, 6.07) is 0. The lowest BCUT2D eigenvalue weighted by Crippen LogP contribution is -2.67. The molecule has 260 valence electrons. The molecule has 0 saturated heterocycles. The minimum absolute atomic E-state index is 0.0626. The Morgan fingerprint density at radius 1 is 0.935 bits per heavy atom. The van der Waals surface area contributed by atoms with Gasteiger partial charge in [-0.2, -0.15) is 10.2 Å². The number of rotatable bonds is 9. The molecule has 0 radical (unpaired) electrons. The minimum atomic E-state index is -1.40. The maximum Gasteiger partial charge on any atom is 0.306 e. The topological polar surface area (TPSA) is 109 Å². The number of allylic oxidation sites excluding steroid dienone is 1. The fourth-order valence-corrected chi connectivity index (χ4v) is 13.1. The van der Waals surface area contributed by atoms with E-state index in [0.29, 0.717) is 17.8 Å². The number of fused-ring (bicyclic) bond motifs is 7. The molecule has 0 aliphatic heterocycles. The zero-order chi connectivity index (χ0) is 34.1. The van der Waals surface area contributed by atoms with Crippen LogP contribution in [-0.4, -0.2) is 41.3 Å². The van der Waals surface area contributed by atoms with Gasteiger partial charge in [0.05, 0.1) is 12.8 Å². The Morgan fingerprint density at radius 2 is 1.63 bits per heavy atom. The number of nitrogens with zero attached hydrogens (tertiary/aromatic N) is 2. The van der Waals surface area contributed by atoms with Crippen molar-refractivity contribution in [1.29, 1.82) is 0 Å². The third-order valence-corrected chi connectivity index (χ3v) is 15.3. The lowest BCUT2D eigenvalue weighted by molar-refractivity contribution is -0.253. The molecule has 5 rings (SSSR count). The first kappa shape index (κ1) is 35.5. The second-order valence-corrected chi connectivity index (χ2v) is 18.4. The highest BCUT2D eigenvalue weighted by Gasteiger charge is 2.72. The zero-order valence-electron chi connectivity index (χ0n) is 29.8. The number of esters is 1. The normalized spacial score (nSPS) is 44.0. The standard InChI is InChI=1S/C38H61FN2O5/c1-23(2)24-12-17-38(32(39)41-40-22-42)19-18-36(8)25(31(24)38)10-11-27-35(7)15-14-28(34(5,6)26(35)13-16-37(27,36)9)46-30(45)21-33(3,4)20-29(43)44/h24-28,31-32,42H,1,10-22H2,2-9H3,(H,43,44)/b41-40+/t24-,25+,26-,27+,28-,31+,32?,35-,36+,37+,38-/m0/s1. The van der Waals surface area contributed by atoms with Gasteiger partial charge in [-0.3, -0.25) is 9.59 Å². The molecule has 0 spiro atoms. The van der Waals surface area contributed by atoms with Gasteiger partial charge in [-0.25, -0.2) is 4.39 Å². The molecule has 2 N–H and O–H groups in total. The maximum absolute atomic E-state index is 16.1. The van der Waals surface area contributed by atoms with Crippen LogP contribution in [0.25, 0.3) is 0 Å². The van der Waals surface area contributed by atoms with Crippen molar-refractivity contribution in [3.8, 4) is 0 Å². The van der Waals surface area contributed by atoms with Crippen LogP contribution in [0, 0.1) is 62.1 Å². The number of carboxylic acids is 1. The predicted octanol–water partition coefficient (Wildman–Crippen LogP) is 9.14. The van der Waals surface area contributed by atoms with E-state index >= 15 is 4.39 Å². The van der Waals surface area contributed by atoms with Crippen molar-refractivity contribution in [2.24, 2.45) is 72.3 Å². The summed E-state index contributed by atoms with van der Waals surface area (Å²) in [7, 11) is 0. The number of alkyl halides is 1. The summed E-state index contributed by atoms with van der Waals surface area (Å²) in [6.45, 7) is 21.9. The number of azo groups is 1. The van der Waals surface area contributed by atoms with Gasteiger partial charge >= 0.3 is 11.9 Å². The summed E-state index contributed by atoms with van der Waals surface area (Å²) in [6.07, 6.45) is 8.20. The number of halogens is 1. The minimum Gasteiger partial charge on any atom is -0.481 e. The van der Waals surface area contributed by atoms with Gasteiger partial charge < -0.3 is 14.9 Å². The number of aliphatic hydroxyl groups is 1. The van der Waals surface area contributed by atoms with E-state index in [9.17, 15) is 19.8 Å². The van der Waals surface area contributed by atoms with Gasteiger partial charge in [-0.05, 0) is 122 Å². The Balaban J connectivity index is 1.41. The van der Waals surface area contributed by atoms with Gasteiger partial charge in [0.1, 0.15) is 6.10 Å². The number of aliphatic hydroxyl groups excluding tert-OH is 1. The fraction of sp³-hybridized carbons (Fsp3) is 0.895. The molecule has 46 heavy (non-hydrogen) atoms. The van der Waals surface area contributed by atoms with Crippen LogP contribution in [0.2, 0.25) is 0 Å². The van der Waals surface area contributed by atoms with Gasteiger partial charge in [0, 0.05) is 10.8 Å². The second-order valence-electron chi connectivity index (χ2n) is 18.4. The first-order valence-electron chi connectivity index (χ1n) is 18.0. The van der Waals surface area contributed by atoms with Crippen molar-refractivity contribution >= 4 is 11.9 Å². The highest BCUT2D eigenvalue weighted by atomic mass is 19.1. The molecular weight excluding hydrogens is 583 g/mol. The van der Waals surface area contributed by atoms with Gasteiger partial charge in [-0.1, -0.05) is 60.6 Å². The molecular formula is C38H61FN2O5. The van der Waals surface area contributed by atoms with E-state index in [4.69, 9.17) is 4.74 Å². The molecule has 0 aromatic heterocycles. The van der Waals surface area contributed by atoms with E-state index in [1.165, 1.54) is 0 Å². The Kier molecular flexibility index (Phi) is 9.21. The molecule has 11 atom stereocenters. The largest absolute Gasteiger partial charge is 0.481 e. The van der Waals surface area contributed by atoms with Crippen LogP contribution in [-0.2, 0) is 14.3 Å². The van der Waals surface area contributed by atoms with Crippen LogP contribution >= 0.6 is 0 Å². The van der Waals surface area contributed by atoms with E-state index in [0.717, 1.165) is 69.8 Å². The number of ether oxygens (including phenoxy) is 1. The van der Waals surface area contributed by atoms with Crippen molar-refractivity contribution in [2.75, 3.05) is 6.73 Å². The van der Waals surface area contributed by atoms with Crippen molar-refractivity contribution < 1.29 is 28.9 Å². The Morgan fingerprint density at radius 3 is 2.26 bits per heavy atom. The fourth-order valence-electron chi connectivity index (χ4n) is 13.1. The third-order valence-electron chi connectivity index (χ3n) is 15.3. The number of carbonyl (C=O) groups excluding carboxylic acids is 1. The average Bonchev–Trinajstić information content (AvgIpc) is 3.34. The highest BCUT2D eigenvalue weighted by Crippen LogP contribution is 2.78. The van der Waals surface area contributed by atoms with Crippen LogP contribution in [0.4, 0.5) is 4.39 Å². The van der Waals surface area contributed by atoms with Crippen LogP contribution in [0.5, 0.6) is 0 Å². The summed E-state index contributed by atoms with van der Waals surface area (Å²) in [4.78, 5) is 24.5. The molecule has 5 fully saturated rings. The lowest BCUT2D eigenvalue weighted by Gasteiger charge is -2.73. The molecule has 5 aliphatic carbocycles. The maximum atomic E-state index is 16.1. The van der Waals surface area contributed by atoms with Crippen LogP contribution in [0.1, 0.15) is 132 Å². The molecule has 7 nitrogen and oxygen atoms in total. The first-order valence-corrected chi connectivity index (χ1v) is 18.0. The predicted molar refractivity (Wildman–Crippen MR) is 176 cm³/mol. The molecule has 5 saturated carbocycles.